The minimum atomic E-state index is 0.680. The Morgan fingerprint density at radius 3 is 2.45 bits per heavy atom. The predicted molar refractivity (Wildman–Crippen MR) is 85.8 cm³/mol. The zero-order valence-electron chi connectivity index (χ0n) is 13.6. The molecule has 3 aliphatic rings. The van der Waals surface area contributed by atoms with E-state index in [4.69, 9.17) is 0 Å². The number of hydrogen-bond acceptors (Lipinski definition) is 2. The molecule has 0 bridgehead atoms. The van der Waals surface area contributed by atoms with Gasteiger partial charge in [-0.1, -0.05) is 25.5 Å². The molecular formula is C18H32N2. The zero-order valence-corrected chi connectivity index (χ0v) is 13.6. The van der Waals surface area contributed by atoms with Crippen molar-refractivity contribution in [3.63, 3.8) is 0 Å². The summed E-state index contributed by atoms with van der Waals surface area (Å²) in [5.41, 5.74) is 0.680. The van der Waals surface area contributed by atoms with Crippen molar-refractivity contribution in [1.29, 1.82) is 0 Å². The molecule has 20 heavy (non-hydrogen) atoms. The van der Waals surface area contributed by atoms with E-state index in [-0.39, 0.29) is 0 Å². The van der Waals surface area contributed by atoms with Crippen LogP contribution in [0.25, 0.3) is 0 Å². The third kappa shape index (κ3) is 2.69. The lowest BCUT2D eigenvalue weighted by Crippen LogP contribution is -2.58. The summed E-state index contributed by atoms with van der Waals surface area (Å²) in [6, 6.07) is 0.965. The molecule has 2 aliphatic heterocycles. The van der Waals surface area contributed by atoms with Crippen molar-refractivity contribution in [3.8, 4) is 0 Å². The molecule has 0 aromatic heterocycles. The van der Waals surface area contributed by atoms with Crippen LogP contribution in [-0.2, 0) is 0 Å². The van der Waals surface area contributed by atoms with Gasteiger partial charge in [0.15, 0.2) is 0 Å². The topological polar surface area (TPSA) is 6.48 Å². The third-order valence-electron chi connectivity index (χ3n) is 5.92. The van der Waals surface area contributed by atoms with Crippen LogP contribution in [0.1, 0.15) is 46.0 Å². The summed E-state index contributed by atoms with van der Waals surface area (Å²) in [5, 5.41) is 0. The van der Waals surface area contributed by atoms with E-state index < -0.39 is 0 Å². The van der Waals surface area contributed by atoms with Crippen molar-refractivity contribution in [2.45, 2.75) is 52.0 Å². The molecule has 0 radical (unpaired) electrons. The van der Waals surface area contributed by atoms with Crippen LogP contribution in [0.15, 0.2) is 12.2 Å². The van der Waals surface area contributed by atoms with Crippen molar-refractivity contribution in [2.24, 2.45) is 17.3 Å². The lowest BCUT2D eigenvalue weighted by molar-refractivity contribution is -0.0306. The second kappa shape index (κ2) is 5.81. The van der Waals surface area contributed by atoms with Gasteiger partial charge in [-0.15, -0.1) is 0 Å². The SMILES string of the molecule is C/C=C/CCCC1(CCC)CN(C2C3CN(C)CC32)C1. The standard InChI is InChI=1S/C18H32N2/c1-4-6-7-8-10-18(9-5-2)13-20(14-18)17-15-11-19(3)12-16(15)17/h4,6,15-17H,5,7-14H2,1-3H3/b6-4+. The van der Waals surface area contributed by atoms with Gasteiger partial charge < -0.3 is 4.90 Å². The number of rotatable bonds is 7. The van der Waals surface area contributed by atoms with Gasteiger partial charge in [-0.2, -0.15) is 0 Å². The zero-order chi connectivity index (χ0) is 14.2. The minimum absolute atomic E-state index is 0.680. The normalized spacial score (nSPS) is 36.2. The van der Waals surface area contributed by atoms with E-state index in [1.807, 2.05) is 0 Å². The maximum atomic E-state index is 2.83. The Morgan fingerprint density at radius 1 is 1.15 bits per heavy atom. The Kier molecular flexibility index (Phi) is 4.24. The van der Waals surface area contributed by atoms with Gasteiger partial charge in [0, 0.05) is 32.2 Å². The van der Waals surface area contributed by atoms with Crippen LogP contribution < -0.4 is 0 Å². The van der Waals surface area contributed by atoms with Gasteiger partial charge in [-0.25, -0.2) is 0 Å². The van der Waals surface area contributed by atoms with E-state index in [1.54, 1.807) is 0 Å². The van der Waals surface area contributed by atoms with E-state index in [0.29, 0.717) is 5.41 Å². The van der Waals surface area contributed by atoms with E-state index >= 15 is 0 Å². The van der Waals surface area contributed by atoms with E-state index in [0.717, 1.165) is 17.9 Å². The highest BCUT2D eigenvalue weighted by Crippen LogP contribution is 2.53. The Morgan fingerprint density at radius 2 is 1.85 bits per heavy atom. The largest absolute Gasteiger partial charge is 0.306 e. The number of unbranched alkanes of at least 4 members (excludes halogenated alkanes) is 1. The number of likely N-dealkylation sites (tertiary alicyclic amines) is 2. The summed E-state index contributed by atoms with van der Waals surface area (Å²) in [4.78, 5) is 5.34. The molecule has 2 heterocycles. The first-order valence-electron chi connectivity index (χ1n) is 8.73. The molecule has 3 fully saturated rings. The predicted octanol–water partition coefficient (Wildman–Crippen LogP) is 3.39. The number of nitrogens with zero attached hydrogens (tertiary/aromatic N) is 2. The first-order chi connectivity index (χ1) is 9.69. The average molecular weight is 276 g/mol. The van der Waals surface area contributed by atoms with Crippen LogP contribution in [0.3, 0.4) is 0 Å². The molecule has 2 saturated heterocycles. The maximum absolute atomic E-state index is 2.83. The minimum Gasteiger partial charge on any atom is -0.306 e. The first kappa shape index (κ1) is 14.6. The Labute approximate surface area is 125 Å². The summed E-state index contributed by atoms with van der Waals surface area (Å²) < 4.78 is 0. The summed E-state index contributed by atoms with van der Waals surface area (Å²) in [7, 11) is 2.28. The summed E-state index contributed by atoms with van der Waals surface area (Å²) >= 11 is 0. The van der Waals surface area contributed by atoms with Crippen LogP contribution in [0.2, 0.25) is 0 Å². The molecular weight excluding hydrogens is 244 g/mol. The first-order valence-corrected chi connectivity index (χ1v) is 8.73. The van der Waals surface area contributed by atoms with E-state index in [9.17, 15) is 0 Å². The lowest BCUT2D eigenvalue weighted by atomic mass is 9.72. The molecule has 2 heteroatoms. The van der Waals surface area contributed by atoms with Crippen molar-refractivity contribution >= 4 is 0 Å². The van der Waals surface area contributed by atoms with Gasteiger partial charge in [0.25, 0.3) is 0 Å². The fourth-order valence-electron chi connectivity index (χ4n) is 5.01. The van der Waals surface area contributed by atoms with Crippen molar-refractivity contribution < 1.29 is 0 Å². The van der Waals surface area contributed by atoms with Crippen molar-refractivity contribution in [1.82, 2.24) is 9.80 Å². The van der Waals surface area contributed by atoms with Crippen LogP contribution in [0, 0.1) is 17.3 Å². The van der Waals surface area contributed by atoms with E-state index in [1.165, 1.54) is 58.3 Å². The average Bonchev–Trinajstić information content (AvgIpc) is 2.86. The van der Waals surface area contributed by atoms with Crippen LogP contribution in [0.4, 0.5) is 0 Å². The molecule has 1 aliphatic carbocycles. The van der Waals surface area contributed by atoms with Gasteiger partial charge in [0.2, 0.25) is 0 Å². The monoisotopic (exact) mass is 276 g/mol. The van der Waals surface area contributed by atoms with Crippen LogP contribution in [-0.4, -0.2) is 49.1 Å². The highest BCUT2D eigenvalue weighted by Gasteiger charge is 2.61. The van der Waals surface area contributed by atoms with Gasteiger partial charge in [0.1, 0.15) is 0 Å². The molecule has 0 amide bonds. The third-order valence-corrected chi connectivity index (χ3v) is 5.92. The smallest absolute Gasteiger partial charge is 0.0184 e. The highest BCUT2D eigenvalue weighted by molar-refractivity contribution is 5.14. The molecule has 114 valence electrons. The number of hydrogen-bond donors (Lipinski definition) is 0. The highest BCUT2D eigenvalue weighted by atomic mass is 15.3. The molecule has 1 saturated carbocycles. The fraction of sp³-hybridized carbons (Fsp3) is 0.889. The Hall–Kier alpha value is -0.340. The quantitative estimate of drug-likeness (QED) is 0.519. The molecule has 0 aromatic rings. The molecule has 2 unspecified atom stereocenters. The summed E-state index contributed by atoms with van der Waals surface area (Å²) in [6.07, 6.45) is 11.4. The molecule has 2 atom stereocenters. The van der Waals surface area contributed by atoms with Gasteiger partial charge in [-0.3, -0.25) is 4.90 Å². The molecule has 2 nitrogen and oxygen atoms in total. The van der Waals surface area contributed by atoms with Gasteiger partial charge >= 0.3 is 0 Å². The molecule has 3 rings (SSSR count). The van der Waals surface area contributed by atoms with Gasteiger partial charge in [-0.05, 0) is 56.9 Å². The number of allylic oxidation sites excluding steroid dienone is 2. The molecule has 0 N–H and O–H groups in total. The van der Waals surface area contributed by atoms with Gasteiger partial charge in [0.05, 0.1) is 0 Å². The maximum Gasteiger partial charge on any atom is 0.0184 e. The lowest BCUT2D eigenvalue weighted by Gasteiger charge is -2.52. The fourth-order valence-corrected chi connectivity index (χ4v) is 5.01. The number of fused-ring (bicyclic) bond motifs is 1. The van der Waals surface area contributed by atoms with Crippen LogP contribution in [0.5, 0.6) is 0 Å². The van der Waals surface area contributed by atoms with Crippen LogP contribution >= 0.6 is 0 Å². The number of piperidine rings is 1. The Bertz CT molecular complexity index is 344. The van der Waals surface area contributed by atoms with Crippen molar-refractivity contribution in [3.05, 3.63) is 12.2 Å². The second-order valence-corrected chi connectivity index (χ2v) is 7.66. The van der Waals surface area contributed by atoms with Crippen molar-refractivity contribution in [2.75, 3.05) is 33.2 Å². The van der Waals surface area contributed by atoms with E-state index in [2.05, 4.69) is 42.8 Å². The Balaban J connectivity index is 1.45. The molecule has 0 aromatic carbocycles. The molecule has 0 spiro atoms. The summed E-state index contributed by atoms with van der Waals surface area (Å²) in [5.74, 6) is 2.03. The summed E-state index contributed by atoms with van der Waals surface area (Å²) in [6.45, 7) is 10.0. The second-order valence-electron chi connectivity index (χ2n) is 7.66.